The fraction of sp³-hybridized carbons (Fsp3) is 0.375. The van der Waals surface area contributed by atoms with Gasteiger partial charge in [-0.25, -0.2) is 13.5 Å². The minimum absolute atomic E-state index is 0.0223. The average molecular weight is 506 g/mol. The molecule has 188 valence electrons. The summed E-state index contributed by atoms with van der Waals surface area (Å²) in [6.07, 6.45) is 3.45. The van der Waals surface area contributed by atoms with Crippen LogP contribution in [0.15, 0.2) is 41.3 Å². The molecule has 4 rings (SSSR count). The van der Waals surface area contributed by atoms with Crippen LogP contribution in [0.5, 0.6) is 5.75 Å². The first-order valence-electron chi connectivity index (χ1n) is 11.4. The van der Waals surface area contributed by atoms with Crippen LogP contribution in [-0.2, 0) is 17.7 Å². The molecule has 1 saturated heterocycles. The van der Waals surface area contributed by atoms with Gasteiger partial charge in [0.15, 0.2) is 11.3 Å². The van der Waals surface area contributed by atoms with Gasteiger partial charge in [-0.3, -0.25) is 18.9 Å². The van der Waals surface area contributed by atoms with Gasteiger partial charge in [0.1, 0.15) is 11.3 Å². The highest BCUT2D eigenvalue weighted by Gasteiger charge is 2.28. The van der Waals surface area contributed by atoms with E-state index in [-0.39, 0.29) is 36.8 Å². The van der Waals surface area contributed by atoms with Crippen LogP contribution in [0.25, 0.3) is 11.0 Å². The second kappa shape index (κ2) is 10.3. The molecule has 1 aromatic carbocycles. The zero-order chi connectivity index (χ0) is 25.2. The lowest BCUT2D eigenvalue weighted by Crippen LogP contribution is -2.38. The Kier molecular flexibility index (Phi) is 7.41. The molecule has 0 aliphatic carbocycles. The van der Waals surface area contributed by atoms with Crippen molar-refractivity contribution in [1.29, 1.82) is 0 Å². The second-order valence-corrected chi connectivity index (χ2v) is 10.6. The summed E-state index contributed by atoms with van der Waals surface area (Å²) in [7, 11) is -2.92. The van der Waals surface area contributed by atoms with E-state index < -0.39 is 33.6 Å². The number of hydrogen-bond donors (Lipinski definition) is 3. The van der Waals surface area contributed by atoms with Crippen LogP contribution in [0.2, 0.25) is 0 Å². The van der Waals surface area contributed by atoms with Crippen LogP contribution in [-0.4, -0.2) is 59.5 Å². The summed E-state index contributed by atoms with van der Waals surface area (Å²) < 4.78 is 41.9. The number of hydrogen-bond acceptors (Lipinski definition) is 8. The SMILES string of the molecule is CCOC(=O)c1c(O)c2ncc(Cc3ccc(F)cc3)cc2n(CCN2CCCCS2(O)O)c1=O. The number of halogens is 1. The Hall–Kier alpha value is -2.99. The first-order chi connectivity index (χ1) is 16.7. The number of pyridine rings is 2. The molecule has 1 fully saturated rings. The van der Waals surface area contributed by atoms with Crippen molar-refractivity contribution in [2.45, 2.75) is 32.7 Å². The predicted molar refractivity (Wildman–Crippen MR) is 131 cm³/mol. The molecule has 3 N–H and O–H groups in total. The number of esters is 1. The molecule has 1 aliphatic rings. The number of aromatic nitrogens is 2. The molecular weight excluding hydrogens is 477 g/mol. The lowest BCUT2D eigenvalue weighted by molar-refractivity contribution is 0.0520. The van der Waals surface area contributed by atoms with Gasteiger partial charge in [-0.2, -0.15) is 0 Å². The summed E-state index contributed by atoms with van der Waals surface area (Å²) >= 11 is 0. The Morgan fingerprint density at radius 1 is 1.17 bits per heavy atom. The van der Waals surface area contributed by atoms with Gasteiger partial charge in [0, 0.05) is 25.8 Å². The van der Waals surface area contributed by atoms with Crippen molar-refractivity contribution in [2.24, 2.45) is 0 Å². The Labute approximate surface area is 203 Å². The minimum Gasteiger partial charge on any atom is -0.505 e. The first-order valence-corrected chi connectivity index (χ1v) is 13.1. The zero-order valence-corrected chi connectivity index (χ0v) is 20.1. The third-order valence-electron chi connectivity index (χ3n) is 6.00. The maximum atomic E-state index is 13.4. The Morgan fingerprint density at radius 2 is 1.91 bits per heavy atom. The molecule has 2 aromatic heterocycles. The third-order valence-corrected chi connectivity index (χ3v) is 8.03. The molecule has 0 saturated carbocycles. The van der Waals surface area contributed by atoms with E-state index in [0.717, 1.165) is 12.0 Å². The van der Waals surface area contributed by atoms with Crippen molar-refractivity contribution in [3.05, 3.63) is 69.4 Å². The summed E-state index contributed by atoms with van der Waals surface area (Å²) in [4.78, 5) is 30.2. The van der Waals surface area contributed by atoms with E-state index in [0.29, 0.717) is 30.5 Å². The Morgan fingerprint density at radius 3 is 2.60 bits per heavy atom. The van der Waals surface area contributed by atoms with Gasteiger partial charge in [-0.15, -0.1) is 10.8 Å². The summed E-state index contributed by atoms with van der Waals surface area (Å²) in [5, 5.41) is 10.8. The zero-order valence-electron chi connectivity index (χ0n) is 19.3. The van der Waals surface area contributed by atoms with Crippen molar-refractivity contribution in [1.82, 2.24) is 13.9 Å². The molecular formula is C24H28FN3O6S. The summed E-state index contributed by atoms with van der Waals surface area (Å²) in [5.41, 5.74) is 0.638. The van der Waals surface area contributed by atoms with E-state index >= 15 is 0 Å². The summed E-state index contributed by atoms with van der Waals surface area (Å²) in [6, 6.07) is 7.70. The molecule has 1 aliphatic heterocycles. The smallest absolute Gasteiger partial charge is 0.347 e. The van der Waals surface area contributed by atoms with Crippen molar-refractivity contribution < 1.29 is 28.1 Å². The maximum Gasteiger partial charge on any atom is 0.347 e. The van der Waals surface area contributed by atoms with Crippen molar-refractivity contribution >= 4 is 27.8 Å². The summed E-state index contributed by atoms with van der Waals surface area (Å²) in [6.45, 7) is 2.29. The number of carbonyl (C=O) groups excluding carboxylic acids is 1. The van der Waals surface area contributed by atoms with E-state index in [2.05, 4.69) is 4.98 Å². The van der Waals surface area contributed by atoms with Crippen molar-refractivity contribution in [3.63, 3.8) is 0 Å². The highest BCUT2D eigenvalue weighted by atomic mass is 32.3. The highest BCUT2D eigenvalue weighted by molar-refractivity contribution is 8.22. The number of fused-ring (bicyclic) bond motifs is 1. The topological polar surface area (TPSA) is 125 Å². The normalized spacial score (nSPS) is 16.8. The second-order valence-electron chi connectivity index (χ2n) is 8.39. The van der Waals surface area contributed by atoms with E-state index in [1.807, 2.05) is 0 Å². The first kappa shape index (κ1) is 25.1. The monoisotopic (exact) mass is 505 g/mol. The van der Waals surface area contributed by atoms with Gasteiger partial charge in [0.25, 0.3) is 5.56 Å². The lowest BCUT2D eigenvalue weighted by Gasteiger charge is -2.46. The molecule has 0 radical (unpaired) electrons. The van der Waals surface area contributed by atoms with Gasteiger partial charge in [0.05, 0.1) is 17.9 Å². The van der Waals surface area contributed by atoms with Crippen LogP contribution >= 0.6 is 10.8 Å². The van der Waals surface area contributed by atoms with E-state index in [9.17, 15) is 28.2 Å². The van der Waals surface area contributed by atoms with Crippen LogP contribution in [0, 0.1) is 5.82 Å². The van der Waals surface area contributed by atoms with E-state index in [4.69, 9.17) is 4.74 Å². The maximum absolute atomic E-state index is 13.4. The molecule has 3 heterocycles. The van der Waals surface area contributed by atoms with Crippen LogP contribution < -0.4 is 5.56 Å². The third kappa shape index (κ3) is 5.32. The molecule has 11 heteroatoms. The molecule has 0 amide bonds. The average Bonchev–Trinajstić information content (AvgIpc) is 2.81. The van der Waals surface area contributed by atoms with Crippen molar-refractivity contribution in [2.75, 3.05) is 25.4 Å². The summed E-state index contributed by atoms with van der Waals surface area (Å²) in [5.74, 6) is -1.59. The lowest BCUT2D eigenvalue weighted by atomic mass is 10.1. The molecule has 0 unspecified atom stereocenters. The number of benzene rings is 1. The largest absolute Gasteiger partial charge is 0.505 e. The fourth-order valence-corrected chi connectivity index (χ4v) is 5.86. The molecule has 0 bridgehead atoms. The Balaban J connectivity index is 1.78. The molecule has 0 spiro atoms. The van der Waals surface area contributed by atoms with Crippen molar-refractivity contribution in [3.8, 4) is 5.75 Å². The van der Waals surface area contributed by atoms with Crippen LogP contribution in [0.1, 0.15) is 41.3 Å². The van der Waals surface area contributed by atoms with Gasteiger partial charge in [-0.1, -0.05) is 12.1 Å². The number of aromatic hydroxyl groups is 1. The number of ether oxygens (including phenoxy) is 1. The highest BCUT2D eigenvalue weighted by Crippen LogP contribution is 2.46. The Bertz CT molecular complexity index is 1300. The quantitative estimate of drug-likeness (QED) is 0.415. The van der Waals surface area contributed by atoms with E-state index in [1.54, 1.807) is 29.4 Å². The van der Waals surface area contributed by atoms with Crippen LogP contribution in [0.4, 0.5) is 4.39 Å². The fourth-order valence-electron chi connectivity index (χ4n) is 4.22. The number of nitrogens with zero attached hydrogens (tertiary/aromatic N) is 3. The standard InChI is InChI=1S/C24H28FN3O6S/c1-2-34-24(31)20-22(29)21-19(14-17(15-26-21)13-16-5-7-18(25)8-6-16)28(23(20)30)11-10-27-9-3-4-12-35(27,32)33/h5-8,14-15,29,32-33H,2-4,9-13H2,1H3. The molecule has 35 heavy (non-hydrogen) atoms. The number of rotatable bonds is 7. The van der Waals surface area contributed by atoms with E-state index in [1.165, 1.54) is 22.9 Å². The van der Waals surface area contributed by atoms with Gasteiger partial charge in [0.2, 0.25) is 0 Å². The van der Waals surface area contributed by atoms with Crippen LogP contribution in [0.3, 0.4) is 0 Å². The van der Waals surface area contributed by atoms with Gasteiger partial charge < -0.3 is 14.4 Å². The minimum atomic E-state index is -2.92. The molecule has 3 aromatic rings. The van der Waals surface area contributed by atoms with Gasteiger partial charge in [-0.05, 0) is 55.5 Å². The molecule has 9 nitrogen and oxygen atoms in total. The predicted octanol–water partition coefficient (Wildman–Crippen LogP) is 3.77. The van der Waals surface area contributed by atoms with Gasteiger partial charge >= 0.3 is 5.97 Å². The molecule has 0 atom stereocenters. The number of carbonyl (C=O) groups is 1.